The number of hydrogen-bond donors (Lipinski definition) is 0. The van der Waals surface area contributed by atoms with E-state index in [-0.39, 0.29) is 22.7 Å². The molecule has 0 unspecified atom stereocenters. The third-order valence-electron chi connectivity index (χ3n) is 3.61. The quantitative estimate of drug-likeness (QED) is 0.583. The first-order valence-corrected chi connectivity index (χ1v) is 8.84. The molecule has 0 aliphatic carbocycles. The highest BCUT2D eigenvalue weighted by atomic mass is 32.1. The van der Waals surface area contributed by atoms with Gasteiger partial charge in [0.05, 0.1) is 10.6 Å². The van der Waals surface area contributed by atoms with Gasteiger partial charge in [0, 0.05) is 34.2 Å². The zero-order chi connectivity index (χ0) is 19.0. The topological polar surface area (TPSA) is 76.3 Å². The summed E-state index contributed by atoms with van der Waals surface area (Å²) in [7, 11) is 0. The van der Waals surface area contributed by atoms with Crippen LogP contribution in [-0.4, -0.2) is 31.8 Å². The van der Waals surface area contributed by atoms with E-state index in [4.69, 9.17) is 0 Å². The molecule has 0 atom stereocenters. The lowest BCUT2D eigenvalue weighted by Crippen LogP contribution is -2.55. The number of non-ortho nitro benzene ring substituents is 1. The van der Waals surface area contributed by atoms with Crippen molar-refractivity contribution >= 4 is 22.9 Å². The number of hydrogen-bond acceptors (Lipinski definition) is 5. The maximum absolute atomic E-state index is 13.0. The first kappa shape index (κ1) is 19.1. The summed E-state index contributed by atoms with van der Waals surface area (Å²) in [5, 5.41) is 13.0. The first-order valence-electron chi connectivity index (χ1n) is 7.96. The third-order valence-corrected chi connectivity index (χ3v) is 4.44. The lowest BCUT2D eigenvalue weighted by atomic mass is 9.96. The number of nitro benzene ring substituents is 1. The molecule has 1 amide bonds. The standard InChI is InChI=1S/C18H23N3O3S/c1-17(2,3)20(18(4,5)6)16(22)15-19-14(11-25-15)12-7-9-13(10-8-12)21(23)24/h7-11H,1-6H3. The Bertz CT molecular complexity index is 769. The molecule has 0 saturated heterocycles. The van der Waals surface area contributed by atoms with E-state index in [0.717, 1.165) is 5.56 Å². The molecule has 134 valence electrons. The van der Waals surface area contributed by atoms with Gasteiger partial charge >= 0.3 is 0 Å². The van der Waals surface area contributed by atoms with Crippen LogP contribution < -0.4 is 0 Å². The molecule has 0 N–H and O–H groups in total. The summed E-state index contributed by atoms with van der Waals surface area (Å²) < 4.78 is 0. The molecule has 2 aromatic rings. The van der Waals surface area contributed by atoms with Crippen LogP contribution in [0.3, 0.4) is 0 Å². The zero-order valence-corrected chi connectivity index (χ0v) is 16.2. The fraction of sp³-hybridized carbons (Fsp3) is 0.444. The highest BCUT2D eigenvalue weighted by Crippen LogP contribution is 2.30. The molecule has 0 fully saturated rings. The van der Waals surface area contributed by atoms with Crippen molar-refractivity contribution in [2.75, 3.05) is 0 Å². The van der Waals surface area contributed by atoms with E-state index in [2.05, 4.69) is 4.98 Å². The molecule has 0 saturated carbocycles. The van der Waals surface area contributed by atoms with E-state index < -0.39 is 4.92 Å². The Labute approximate surface area is 151 Å². The van der Waals surface area contributed by atoms with Gasteiger partial charge in [0.25, 0.3) is 11.6 Å². The Kier molecular flexibility index (Phi) is 4.99. The molecular formula is C18H23N3O3S. The van der Waals surface area contributed by atoms with Gasteiger partial charge in [-0.25, -0.2) is 4.98 Å². The van der Waals surface area contributed by atoms with Gasteiger partial charge in [-0.15, -0.1) is 11.3 Å². The average molecular weight is 361 g/mol. The van der Waals surface area contributed by atoms with E-state index in [1.165, 1.54) is 23.5 Å². The number of aromatic nitrogens is 1. The molecule has 1 aromatic carbocycles. The number of carbonyl (C=O) groups excluding carboxylic acids is 1. The van der Waals surface area contributed by atoms with Crippen LogP contribution in [0.1, 0.15) is 51.3 Å². The van der Waals surface area contributed by atoms with Crippen LogP contribution in [0.15, 0.2) is 29.6 Å². The van der Waals surface area contributed by atoms with Gasteiger partial charge in [-0.3, -0.25) is 14.9 Å². The van der Waals surface area contributed by atoms with Gasteiger partial charge in [-0.1, -0.05) is 0 Å². The van der Waals surface area contributed by atoms with Crippen molar-refractivity contribution in [3.05, 3.63) is 44.8 Å². The van der Waals surface area contributed by atoms with E-state index in [1.54, 1.807) is 17.5 Å². The SMILES string of the molecule is CC(C)(C)N(C(=O)c1nc(-c2ccc([N+](=O)[O-])cc2)cs1)C(C)(C)C. The molecule has 0 bridgehead atoms. The van der Waals surface area contributed by atoms with E-state index in [9.17, 15) is 14.9 Å². The molecule has 1 aromatic heterocycles. The van der Waals surface area contributed by atoms with Gasteiger partial charge in [-0.05, 0) is 53.7 Å². The van der Waals surface area contributed by atoms with Gasteiger partial charge in [0.15, 0.2) is 5.01 Å². The van der Waals surface area contributed by atoms with Crippen molar-refractivity contribution < 1.29 is 9.72 Å². The van der Waals surface area contributed by atoms with Crippen LogP contribution in [0.25, 0.3) is 11.3 Å². The molecule has 6 nitrogen and oxygen atoms in total. The molecule has 0 aliphatic heterocycles. The number of thiazole rings is 1. The van der Waals surface area contributed by atoms with Gasteiger partial charge < -0.3 is 4.90 Å². The normalized spacial score (nSPS) is 12.1. The smallest absolute Gasteiger partial charge is 0.283 e. The summed E-state index contributed by atoms with van der Waals surface area (Å²) in [5.41, 5.74) is 0.746. The van der Waals surface area contributed by atoms with E-state index in [0.29, 0.717) is 10.7 Å². The number of nitro groups is 1. The van der Waals surface area contributed by atoms with Crippen LogP contribution in [0.5, 0.6) is 0 Å². The monoisotopic (exact) mass is 361 g/mol. The second-order valence-corrected chi connectivity index (χ2v) is 8.68. The Hall–Kier alpha value is -2.28. The number of nitrogens with zero attached hydrogens (tertiary/aromatic N) is 3. The van der Waals surface area contributed by atoms with Crippen LogP contribution in [0.4, 0.5) is 5.69 Å². The highest BCUT2D eigenvalue weighted by molar-refractivity contribution is 7.12. The fourth-order valence-corrected chi connectivity index (χ4v) is 3.72. The lowest BCUT2D eigenvalue weighted by molar-refractivity contribution is -0.384. The first-order chi connectivity index (χ1) is 11.4. The number of rotatable bonds is 3. The minimum atomic E-state index is -0.440. The maximum atomic E-state index is 13.0. The number of amides is 1. The Morgan fingerprint density at radius 1 is 1.08 bits per heavy atom. The second kappa shape index (κ2) is 6.55. The molecular weight excluding hydrogens is 338 g/mol. The fourth-order valence-electron chi connectivity index (χ4n) is 2.97. The second-order valence-electron chi connectivity index (χ2n) is 7.82. The highest BCUT2D eigenvalue weighted by Gasteiger charge is 2.37. The summed E-state index contributed by atoms with van der Waals surface area (Å²) in [6, 6.07) is 6.17. The van der Waals surface area contributed by atoms with Gasteiger partial charge in [0.2, 0.25) is 0 Å². The predicted octanol–water partition coefficient (Wildman–Crippen LogP) is 4.76. The Morgan fingerprint density at radius 2 is 1.60 bits per heavy atom. The lowest BCUT2D eigenvalue weighted by Gasteiger charge is -2.45. The zero-order valence-electron chi connectivity index (χ0n) is 15.4. The van der Waals surface area contributed by atoms with Gasteiger partial charge in [-0.2, -0.15) is 0 Å². The molecule has 25 heavy (non-hydrogen) atoms. The Morgan fingerprint density at radius 3 is 2.04 bits per heavy atom. The minimum absolute atomic E-state index is 0.0296. The molecule has 0 spiro atoms. The van der Waals surface area contributed by atoms with Crippen molar-refractivity contribution in [3.8, 4) is 11.3 Å². The molecule has 0 aliphatic rings. The maximum Gasteiger partial charge on any atom is 0.283 e. The molecule has 2 rings (SSSR count). The minimum Gasteiger partial charge on any atom is -0.327 e. The summed E-state index contributed by atoms with van der Waals surface area (Å²) in [6.07, 6.45) is 0. The summed E-state index contributed by atoms with van der Waals surface area (Å²) >= 11 is 1.29. The number of carbonyl (C=O) groups is 1. The van der Waals surface area contributed by atoms with Crippen molar-refractivity contribution in [1.82, 2.24) is 9.88 Å². The largest absolute Gasteiger partial charge is 0.327 e. The van der Waals surface area contributed by atoms with E-state index in [1.807, 2.05) is 46.4 Å². The Balaban J connectivity index is 2.33. The van der Waals surface area contributed by atoms with Crippen molar-refractivity contribution in [2.45, 2.75) is 52.6 Å². The number of benzene rings is 1. The van der Waals surface area contributed by atoms with Crippen molar-refractivity contribution in [2.24, 2.45) is 0 Å². The molecule has 0 radical (unpaired) electrons. The summed E-state index contributed by atoms with van der Waals surface area (Å²) in [6.45, 7) is 12.0. The van der Waals surface area contributed by atoms with Crippen LogP contribution in [0.2, 0.25) is 0 Å². The van der Waals surface area contributed by atoms with Gasteiger partial charge in [0.1, 0.15) is 0 Å². The van der Waals surface area contributed by atoms with Crippen LogP contribution in [-0.2, 0) is 0 Å². The van der Waals surface area contributed by atoms with Crippen molar-refractivity contribution in [1.29, 1.82) is 0 Å². The van der Waals surface area contributed by atoms with Crippen LogP contribution in [0, 0.1) is 10.1 Å². The molecule has 7 heteroatoms. The summed E-state index contributed by atoms with van der Waals surface area (Å²) in [5.74, 6) is -0.113. The van der Waals surface area contributed by atoms with Crippen LogP contribution >= 0.6 is 11.3 Å². The van der Waals surface area contributed by atoms with Crippen molar-refractivity contribution in [3.63, 3.8) is 0 Å². The molecule has 1 heterocycles. The summed E-state index contributed by atoms with van der Waals surface area (Å²) in [4.78, 5) is 29.6. The van der Waals surface area contributed by atoms with E-state index >= 15 is 0 Å². The predicted molar refractivity (Wildman–Crippen MR) is 99.9 cm³/mol. The third kappa shape index (κ3) is 4.22. The average Bonchev–Trinajstić information content (AvgIpc) is 2.94.